The highest BCUT2D eigenvalue weighted by atomic mass is 15.3. The van der Waals surface area contributed by atoms with Crippen LogP contribution in [0.2, 0.25) is 0 Å². The van der Waals surface area contributed by atoms with Gasteiger partial charge >= 0.3 is 0 Å². The van der Waals surface area contributed by atoms with Crippen molar-refractivity contribution in [2.45, 2.75) is 52.5 Å². The number of nitrogens with zero attached hydrogens (tertiary/aromatic N) is 2. The van der Waals surface area contributed by atoms with Gasteiger partial charge in [-0.3, -0.25) is 4.68 Å². The highest BCUT2D eigenvalue weighted by molar-refractivity contribution is 5.27. The Kier molecular flexibility index (Phi) is 3.87. The maximum Gasteiger partial charge on any atom is 0.0644 e. The molecule has 3 nitrogen and oxygen atoms in total. The van der Waals surface area contributed by atoms with Crippen LogP contribution in [0.1, 0.15) is 55.6 Å². The van der Waals surface area contributed by atoms with Crippen LogP contribution in [0.5, 0.6) is 0 Å². The molecule has 0 bridgehead atoms. The van der Waals surface area contributed by atoms with Crippen molar-refractivity contribution in [3.05, 3.63) is 17.0 Å². The van der Waals surface area contributed by atoms with Crippen LogP contribution in [-0.4, -0.2) is 16.3 Å². The number of nitrogens with one attached hydrogen (secondary N) is 1. The van der Waals surface area contributed by atoms with E-state index >= 15 is 0 Å². The summed E-state index contributed by atoms with van der Waals surface area (Å²) in [6.45, 7) is 7.63. The maximum atomic E-state index is 4.47. The van der Waals surface area contributed by atoms with Crippen LogP contribution in [0.3, 0.4) is 0 Å². The van der Waals surface area contributed by atoms with E-state index < -0.39 is 0 Å². The predicted molar refractivity (Wildman–Crippen MR) is 71.1 cm³/mol. The average molecular weight is 235 g/mol. The van der Waals surface area contributed by atoms with Crippen LogP contribution in [-0.2, 0) is 7.05 Å². The van der Waals surface area contributed by atoms with Crippen LogP contribution >= 0.6 is 0 Å². The van der Waals surface area contributed by atoms with Gasteiger partial charge < -0.3 is 5.32 Å². The zero-order valence-electron chi connectivity index (χ0n) is 11.6. The van der Waals surface area contributed by atoms with Gasteiger partial charge in [0.25, 0.3) is 0 Å². The molecule has 0 radical (unpaired) electrons. The molecule has 1 aromatic heterocycles. The van der Waals surface area contributed by atoms with Crippen molar-refractivity contribution in [2.24, 2.45) is 13.0 Å². The fourth-order valence-corrected chi connectivity index (χ4v) is 2.63. The molecule has 1 aliphatic carbocycles. The molecule has 1 heterocycles. The lowest BCUT2D eigenvalue weighted by Gasteiger charge is -2.14. The fourth-order valence-electron chi connectivity index (χ4n) is 2.63. The van der Waals surface area contributed by atoms with Crippen LogP contribution in [0.25, 0.3) is 0 Å². The highest BCUT2D eigenvalue weighted by Crippen LogP contribution is 2.33. The van der Waals surface area contributed by atoms with Gasteiger partial charge in [-0.25, -0.2) is 0 Å². The van der Waals surface area contributed by atoms with Gasteiger partial charge in [0.05, 0.1) is 5.69 Å². The van der Waals surface area contributed by atoms with Crippen LogP contribution in [0.15, 0.2) is 0 Å². The molecule has 1 N–H and O–H groups in total. The molecular formula is C14H25N3. The first-order chi connectivity index (χ1) is 8.09. The number of aromatic nitrogens is 2. The Morgan fingerprint density at radius 1 is 1.41 bits per heavy atom. The van der Waals surface area contributed by atoms with Crippen molar-refractivity contribution in [3.8, 4) is 0 Å². The van der Waals surface area contributed by atoms with Gasteiger partial charge in [-0.15, -0.1) is 0 Å². The molecular weight excluding hydrogens is 210 g/mol. The van der Waals surface area contributed by atoms with E-state index in [-0.39, 0.29) is 0 Å². The van der Waals surface area contributed by atoms with E-state index in [4.69, 9.17) is 0 Å². The first kappa shape index (κ1) is 12.6. The quantitative estimate of drug-likeness (QED) is 0.768. The summed E-state index contributed by atoms with van der Waals surface area (Å²) in [6.07, 6.45) is 5.66. The monoisotopic (exact) mass is 235 g/mol. The molecule has 0 spiro atoms. The Hall–Kier alpha value is -0.830. The number of hydrogen-bond acceptors (Lipinski definition) is 2. The molecule has 1 unspecified atom stereocenters. The summed E-state index contributed by atoms with van der Waals surface area (Å²) in [5, 5.41) is 8.10. The predicted octanol–water partition coefficient (Wildman–Crippen LogP) is 2.88. The molecule has 0 aromatic carbocycles. The molecule has 0 aliphatic heterocycles. The van der Waals surface area contributed by atoms with Crippen LogP contribution in [0, 0.1) is 19.8 Å². The van der Waals surface area contributed by atoms with Gasteiger partial charge in [0, 0.05) is 24.3 Å². The second kappa shape index (κ2) is 5.21. The first-order valence-corrected chi connectivity index (χ1v) is 6.83. The summed E-state index contributed by atoms with van der Waals surface area (Å²) in [7, 11) is 2.02. The highest BCUT2D eigenvalue weighted by Gasteiger charge is 2.20. The normalized spacial score (nSPS) is 17.4. The Labute approximate surface area is 105 Å². The molecule has 1 fully saturated rings. The van der Waals surface area contributed by atoms with Crippen molar-refractivity contribution in [3.63, 3.8) is 0 Å². The van der Waals surface area contributed by atoms with Gasteiger partial charge in [0.2, 0.25) is 0 Å². The molecule has 0 saturated heterocycles. The molecule has 1 aromatic rings. The Balaban J connectivity index is 1.82. The lowest BCUT2D eigenvalue weighted by molar-refractivity contribution is 0.530. The summed E-state index contributed by atoms with van der Waals surface area (Å²) in [5.74, 6) is 1.05. The topological polar surface area (TPSA) is 29.9 Å². The third-order valence-electron chi connectivity index (χ3n) is 3.93. The molecule has 96 valence electrons. The van der Waals surface area contributed by atoms with E-state index in [1.54, 1.807) is 0 Å². The fraction of sp³-hybridized carbons (Fsp3) is 0.786. The second-order valence-electron chi connectivity index (χ2n) is 5.47. The van der Waals surface area contributed by atoms with Gasteiger partial charge in [-0.2, -0.15) is 5.10 Å². The Morgan fingerprint density at radius 3 is 2.65 bits per heavy atom. The summed E-state index contributed by atoms with van der Waals surface area (Å²) < 4.78 is 1.98. The van der Waals surface area contributed by atoms with Crippen molar-refractivity contribution in [1.82, 2.24) is 15.1 Å². The number of rotatable bonds is 6. The number of hydrogen-bond donors (Lipinski definition) is 1. The first-order valence-electron chi connectivity index (χ1n) is 6.83. The summed E-state index contributed by atoms with van der Waals surface area (Å²) in [6, 6.07) is 0.419. The minimum Gasteiger partial charge on any atom is -0.310 e. The summed E-state index contributed by atoms with van der Waals surface area (Å²) >= 11 is 0. The van der Waals surface area contributed by atoms with Gasteiger partial charge in [0.15, 0.2) is 0 Å². The van der Waals surface area contributed by atoms with Crippen molar-refractivity contribution < 1.29 is 0 Å². The molecule has 0 amide bonds. The maximum absolute atomic E-state index is 4.47. The van der Waals surface area contributed by atoms with Crippen LogP contribution < -0.4 is 5.32 Å². The van der Waals surface area contributed by atoms with Crippen molar-refractivity contribution in [1.29, 1.82) is 0 Å². The lowest BCUT2D eigenvalue weighted by Crippen LogP contribution is -2.21. The molecule has 1 atom stereocenters. The standard InChI is InChI=1S/C14H25N3/c1-10(15-9-5-6-13-7-8-13)14-11(2)16-17(4)12(14)3/h10,13,15H,5-9H2,1-4H3. The van der Waals surface area contributed by atoms with Gasteiger partial charge in [0.1, 0.15) is 0 Å². The zero-order chi connectivity index (χ0) is 12.4. The lowest BCUT2D eigenvalue weighted by atomic mass is 10.1. The molecule has 2 rings (SSSR count). The SMILES string of the molecule is Cc1nn(C)c(C)c1C(C)NCCCC1CC1. The number of aryl methyl sites for hydroxylation is 2. The van der Waals surface area contributed by atoms with Crippen LogP contribution in [0.4, 0.5) is 0 Å². The summed E-state index contributed by atoms with van der Waals surface area (Å²) in [5.41, 5.74) is 3.82. The van der Waals surface area contributed by atoms with E-state index in [9.17, 15) is 0 Å². The van der Waals surface area contributed by atoms with E-state index in [0.717, 1.165) is 18.2 Å². The molecule has 1 aliphatic rings. The minimum absolute atomic E-state index is 0.419. The van der Waals surface area contributed by atoms with E-state index in [0.29, 0.717) is 6.04 Å². The smallest absolute Gasteiger partial charge is 0.0644 e. The van der Waals surface area contributed by atoms with E-state index in [2.05, 4.69) is 31.2 Å². The van der Waals surface area contributed by atoms with E-state index in [1.165, 1.54) is 36.9 Å². The molecule has 1 saturated carbocycles. The van der Waals surface area contributed by atoms with Crippen molar-refractivity contribution >= 4 is 0 Å². The van der Waals surface area contributed by atoms with Gasteiger partial charge in [-0.05, 0) is 46.1 Å². The minimum atomic E-state index is 0.419. The molecule has 17 heavy (non-hydrogen) atoms. The van der Waals surface area contributed by atoms with E-state index in [1.807, 2.05) is 11.7 Å². The molecule has 3 heteroatoms. The third-order valence-corrected chi connectivity index (χ3v) is 3.93. The Bertz CT molecular complexity index is 377. The largest absolute Gasteiger partial charge is 0.310 e. The zero-order valence-corrected chi connectivity index (χ0v) is 11.6. The third kappa shape index (κ3) is 3.09. The second-order valence-corrected chi connectivity index (χ2v) is 5.47. The van der Waals surface area contributed by atoms with Gasteiger partial charge in [-0.1, -0.05) is 12.8 Å². The summed E-state index contributed by atoms with van der Waals surface area (Å²) in [4.78, 5) is 0. The average Bonchev–Trinajstić information content (AvgIpc) is 3.04. The van der Waals surface area contributed by atoms with Crippen molar-refractivity contribution in [2.75, 3.05) is 6.54 Å². The Morgan fingerprint density at radius 2 is 2.12 bits per heavy atom.